The SMILES string of the molecule is Cc1nnc(Cn2cnc3sc4c(c3c2=O)CCCCC4)o1. The van der Waals surface area contributed by atoms with Crippen molar-refractivity contribution in [3.8, 4) is 0 Å². The number of hydrogen-bond acceptors (Lipinski definition) is 6. The lowest BCUT2D eigenvalue weighted by Crippen LogP contribution is -2.21. The summed E-state index contributed by atoms with van der Waals surface area (Å²) in [5, 5.41) is 8.54. The van der Waals surface area contributed by atoms with E-state index in [0.29, 0.717) is 11.8 Å². The summed E-state index contributed by atoms with van der Waals surface area (Å²) in [5.41, 5.74) is 1.21. The minimum atomic E-state index is 0.000234. The van der Waals surface area contributed by atoms with Crippen LogP contribution < -0.4 is 5.56 Å². The first kappa shape index (κ1) is 13.6. The van der Waals surface area contributed by atoms with E-state index in [1.807, 2.05) is 0 Å². The second-order valence-electron chi connectivity index (χ2n) is 5.64. The second kappa shape index (κ2) is 5.31. The van der Waals surface area contributed by atoms with Crippen LogP contribution in [0.1, 0.15) is 41.5 Å². The lowest BCUT2D eigenvalue weighted by Gasteiger charge is -2.03. The minimum absolute atomic E-state index is 0.000234. The van der Waals surface area contributed by atoms with Gasteiger partial charge in [-0.3, -0.25) is 9.36 Å². The Kier molecular flexibility index (Phi) is 3.29. The average molecular weight is 316 g/mol. The first-order valence-corrected chi connectivity index (χ1v) is 8.32. The Hall–Kier alpha value is -2.02. The smallest absolute Gasteiger partial charge is 0.262 e. The van der Waals surface area contributed by atoms with Gasteiger partial charge in [0.15, 0.2) is 0 Å². The van der Waals surface area contributed by atoms with Gasteiger partial charge in [0.1, 0.15) is 11.4 Å². The molecule has 0 saturated carbocycles. The standard InChI is InChI=1S/C15H16N4O2S/c1-9-17-18-12(21-9)7-19-8-16-14-13(15(19)20)10-5-3-2-4-6-11(10)22-14/h8H,2-7H2,1H3. The second-order valence-corrected chi connectivity index (χ2v) is 6.72. The molecule has 0 aromatic carbocycles. The summed E-state index contributed by atoms with van der Waals surface area (Å²) in [6, 6.07) is 0. The Morgan fingerprint density at radius 2 is 2.14 bits per heavy atom. The van der Waals surface area contributed by atoms with E-state index < -0.39 is 0 Å². The highest BCUT2D eigenvalue weighted by molar-refractivity contribution is 7.18. The molecule has 0 saturated heterocycles. The molecule has 0 fully saturated rings. The third kappa shape index (κ3) is 2.25. The van der Waals surface area contributed by atoms with Crippen molar-refractivity contribution >= 4 is 21.6 Å². The van der Waals surface area contributed by atoms with Gasteiger partial charge in [-0.1, -0.05) is 6.42 Å². The molecule has 3 aromatic heterocycles. The van der Waals surface area contributed by atoms with Crippen LogP contribution in [-0.4, -0.2) is 19.7 Å². The predicted molar refractivity (Wildman–Crippen MR) is 83.3 cm³/mol. The van der Waals surface area contributed by atoms with Crippen LogP contribution in [0.2, 0.25) is 0 Å². The Balaban J connectivity index is 1.82. The van der Waals surface area contributed by atoms with Gasteiger partial charge in [-0.05, 0) is 31.2 Å². The van der Waals surface area contributed by atoms with Gasteiger partial charge in [0.05, 0.1) is 11.7 Å². The number of thiophene rings is 1. The Bertz CT molecular complexity index is 893. The Labute approximate surface area is 130 Å². The van der Waals surface area contributed by atoms with Gasteiger partial charge in [-0.2, -0.15) is 0 Å². The Morgan fingerprint density at radius 1 is 1.27 bits per heavy atom. The van der Waals surface area contributed by atoms with Gasteiger partial charge >= 0.3 is 0 Å². The molecule has 22 heavy (non-hydrogen) atoms. The van der Waals surface area contributed by atoms with Gasteiger partial charge in [0.2, 0.25) is 11.8 Å². The number of aryl methyl sites for hydroxylation is 3. The lowest BCUT2D eigenvalue weighted by molar-refractivity contribution is 0.451. The molecule has 1 aliphatic rings. The molecule has 6 nitrogen and oxygen atoms in total. The molecular formula is C15H16N4O2S. The van der Waals surface area contributed by atoms with Crippen molar-refractivity contribution < 1.29 is 4.42 Å². The third-order valence-electron chi connectivity index (χ3n) is 4.07. The lowest BCUT2D eigenvalue weighted by atomic mass is 10.1. The summed E-state index contributed by atoms with van der Waals surface area (Å²) < 4.78 is 6.92. The summed E-state index contributed by atoms with van der Waals surface area (Å²) in [5.74, 6) is 0.934. The van der Waals surface area contributed by atoms with Crippen molar-refractivity contribution in [1.29, 1.82) is 0 Å². The molecule has 0 spiro atoms. The van der Waals surface area contributed by atoms with E-state index in [9.17, 15) is 4.79 Å². The fraction of sp³-hybridized carbons (Fsp3) is 0.467. The monoisotopic (exact) mass is 316 g/mol. The topological polar surface area (TPSA) is 73.8 Å². The van der Waals surface area contributed by atoms with Gasteiger partial charge < -0.3 is 4.42 Å². The fourth-order valence-corrected chi connectivity index (χ4v) is 4.24. The van der Waals surface area contributed by atoms with Crippen molar-refractivity contribution in [2.75, 3.05) is 0 Å². The zero-order valence-corrected chi connectivity index (χ0v) is 13.2. The molecule has 0 amide bonds. The van der Waals surface area contributed by atoms with E-state index >= 15 is 0 Å². The molecule has 0 N–H and O–H groups in total. The van der Waals surface area contributed by atoms with Crippen molar-refractivity contribution in [3.63, 3.8) is 0 Å². The first-order chi connectivity index (χ1) is 10.7. The van der Waals surface area contributed by atoms with Crippen LogP contribution in [-0.2, 0) is 19.4 Å². The molecule has 7 heteroatoms. The number of rotatable bonds is 2. The highest BCUT2D eigenvalue weighted by Gasteiger charge is 2.19. The summed E-state index contributed by atoms with van der Waals surface area (Å²) in [6.07, 6.45) is 7.22. The van der Waals surface area contributed by atoms with Crippen molar-refractivity contribution in [2.45, 2.75) is 45.6 Å². The molecule has 0 atom stereocenters. The summed E-state index contributed by atoms with van der Waals surface area (Å²) in [7, 11) is 0. The maximum absolute atomic E-state index is 12.8. The van der Waals surface area contributed by atoms with Crippen molar-refractivity contribution in [3.05, 3.63) is 38.9 Å². The van der Waals surface area contributed by atoms with Gasteiger partial charge in [0, 0.05) is 11.8 Å². The van der Waals surface area contributed by atoms with Crippen LogP contribution in [0.15, 0.2) is 15.5 Å². The molecule has 3 aromatic rings. The summed E-state index contributed by atoms with van der Waals surface area (Å²) in [4.78, 5) is 19.5. The summed E-state index contributed by atoms with van der Waals surface area (Å²) in [6.45, 7) is 2.01. The number of nitrogens with zero attached hydrogens (tertiary/aromatic N) is 4. The van der Waals surface area contributed by atoms with E-state index in [1.165, 1.54) is 23.3 Å². The maximum atomic E-state index is 12.8. The van der Waals surface area contributed by atoms with Crippen LogP contribution in [0.25, 0.3) is 10.2 Å². The molecule has 0 aliphatic heterocycles. The highest BCUT2D eigenvalue weighted by Crippen LogP contribution is 2.32. The van der Waals surface area contributed by atoms with Crippen LogP contribution in [0, 0.1) is 6.92 Å². The zero-order valence-electron chi connectivity index (χ0n) is 12.3. The van der Waals surface area contributed by atoms with E-state index in [4.69, 9.17) is 4.42 Å². The largest absolute Gasteiger partial charge is 0.424 e. The van der Waals surface area contributed by atoms with Gasteiger partial charge in [0.25, 0.3) is 5.56 Å². The van der Waals surface area contributed by atoms with E-state index in [2.05, 4.69) is 15.2 Å². The number of hydrogen-bond donors (Lipinski definition) is 0. The molecule has 4 rings (SSSR count). The third-order valence-corrected chi connectivity index (χ3v) is 5.27. The number of fused-ring (bicyclic) bond motifs is 3. The highest BCUT2D eigenvalue weighted by atomic mass is 32.1. The van der Waals surface area contributed by atoms with Gasteiger partial charge in [-0.25, -0.2) is 4.98 Å². The van der Waals surface area contributed by atoms with Crippen LogP contribution in [0.5, 0.6) is 0 Å². The zero-order chi connectivity index (χ0) is 15.1. The van der Waals surface area contributed by atoms with E-state index in [-0.39, 0.29) is 12.1 Å². The molecular weight excluding hydrogens is 300 g/mol. The quantitative estimate of drug-likeness (QED) is 0.679. The molecule has 1 aliphatic carbocycles. The van der Waals surface area contributed by atoms with Crippen molar-refractivity contribution in [2.24, 2.45) is 0 Å². The van der Waals surface area contributed by atoms with E-state index in [0.717, 1.165) is 29.5 Å². The number of aromatic nitrogens is 4. The molecule has 0 bridgehead atoms. The average Bonchev–Trinajstić information content (AvgIpc) is 2.99. The van der Waals surface area contributed by atoms with Crippen LogP contribution in [0.4, 0.5) is 0 Å². The molecule has 0 unspecified atom stereocenters. The molecule has 0 radical (unpaired) electrons. The maximum Gasteiger partial charge on any atom is 0.262 e. The minimum Gasteiger partial charge on any atom is -0.424 e. The fourth-order valence-electron chi connectivity index (χ4n) is 3.02. The Morgan fingerprint density at radius 3 is 2.95 bits per heavy atom. The van der Waals surface area contributed by atoms with Crippen molar-refractivity contribution in [1.82, 2.24) is 19.7 Å². The van der Waals surface area contributed by atoms with Gasteiger partial charge in [-0.15, -0.1) is 21.5 Å². The summed E-state index contributed by atoms with van der Waals surface area (Å²) >= 11 is 1.67. The van der Waals surface area contributed by atoms with Crippen LogP contribution >= 0.6 is 11.3 Å². The normalized spacial score (nSPS) is 15.0. The van der Waals surface area contributed by atoms with Crippen LogP contribution in [0.3, 0.4) is 0 Å². The predicted octanol–water partition coefficient (Wildman–Crippen LogP) is 2.47. The molecule has 3 heterocycles. The van der Waals surface area contributed by atoms with E-state index in [1.54, 1.807) is 29.2 Å². The molecule has 114 valence electrons. The first-order valence-electron chi connectivity index (χ1n) is 7.51.